The number of halogens is 1. The number of likely N-dealkylation sites (N-methyl/N-ethyl adjacent to an activating group) is 1. The molecule has 0 N–H and O–H groups in total. The molecule has 4 amide bonds. The summed E-state index contributed by atoms with van der Waals surface area (Å²) >= 11 is 3.53. The molecule has 0 spiro atoms. The van der Waals surface area contributed by atoms with E-state index < -0.39 is 6.03 Å². The van der Waals surface area contributed by atoms with Crippen LogP contribution >= 0.6 is 15.9 Å². The molecular formula is C15H16BrN3O3. The zero-order valence-electron chi connectivity index (χ0n) is 12.2. The molecule has 1 aromatic carbocycles. The standard InChI is InChI=1S/C15H16BrN3O3/c1-17-8-14(21)19(15(17)22)9-13(20)18-6-5-11-10(7-18)3-2-4-12(11)16/h2-4H,5-9H2,1H3. The quantitative estimate of drug-likeness (QED) is 0.740. The third kappa shape index (κ3) is 2.61. The van der Waals surface area contributed by atoms with Crippen molar-refractivity contribution < 1.29 is 14.4 Å². The van der Waals surface area contributed by atoms with Crippen molar-refractivity contribution in [1.82, 2.24) is 14.7 Å². The van der Waals surface area contributed by atoms with Gasteiger partial charge in [-0.05, 0) is 23.6 Å². The van der Waals surface area contributed by atoms with Crippen LogP contribution in [0.25, 0.3) is 0 Å². The first-order valence-electron chi connectivity index (χ1n) is 7.07. The van der Waals surface area contributed by atoms with Crippen molar-refractivity contribution in [3.63, 3.8) is 0 Å². The SMILES string of the molecule is CN1CC(=O)N(CC(=O)N2CCc3c(Br)cccc3C2)C1=O. The van der Waals surface area contributed by atoms with E-state index in [2.05, 4.69) is 15.9 Å². The molecule has 2 aliphatic heterocycles. The Balaban J connectivity index is 1.70. The highest BCUT2D eigenvalue weighted by atomic mass is 79.9. The van der Waals surface area contributed by atoms with Gasteiger partial charge in [0, 0.05) is 24.6 Å². The Bertz CT molecular complexity index is 661. The van der Waals surface area contributed by atoms with Crippen LogP contribution in [-0.4, -0.2) is 59.2 Å². The molecule has 0 saturated carbocycles. The lowest BCUT2D eigenvalue weighted by atomic mass is 10.00. The maximum Gasteiger partial charge on any atom is 0.327 e. The van der Waals surface area contributed by atoms with E-state index in [1.807, 2.05) is 18.2 Å². The molecule has 0 aromatic heterocycles. The Labute approximate surface area is 136 Å². The van der Waals surface area contributed by atoms with Crippen molar-refractivity contribution in [2.45, 2.75) is 13.0 Å². The Morgan fingerprint density at radius 1 is 1.27 bits per heavy atom. The first-order chi connectivity index (χ1) is 10.5. The van der Waals surface area contributed by atoms with Gasteiger partial charge in [0.2, 0.25) is 5.91 Å². The summed E-state index contributed by atoms with van der Waals surface area (Å²) in [4.78, 5) is 40.0. The normalized spacial score (nSPS) is 18.0. The Morgan fingerprint density at radius 2 is 2.05 bits per heavy atom. The maximum absolute atomic E-state index is 12.4. The molecule has 0 aliphatic carbocycles. The van der Waals surface area contributed by atoms with Crippen LogP contribution in [-0.2, 0) is 22.6 Å². The maximum atomic E-state index is 12.4. The van der Waals surface area contributed by atoms with E-state index in [9.17, 15) is 14.4 Å². The number of rotatable bonds is 2. The van der Waals surface area contributed by atoms with Crippen LogP contribution in [0.3, 0.4) is 0 Å². The minimum Gasteiger partial charge on any atom is -0.336 e. The Hall–Kier alpha value is -1.89. The Kier molecular flexibility index (Phi) is 3.90. The largest absolute Gasteiger partial charge is 0.336 e. The average Bonchev–Trinajstić information content (AvgIpc) is 2.73. The van der Waals surface area contributed by atoms with Crippen LogP contribution in [0.5, 0.6) is 0 Å². The molecule has 0 radical (unpaired) electrons. The summed E-state index contributed by atoms with van der Waals surface area (Å²) in [6.07, 6.45) is 0.768. The molecule has 2 aliphatic rings. The van der Waals surface area contributed by atoms with Crippen molar-refractivity contribution in [3.05, 3.63) is 33.8 Å². The van der Waals surface area contributed by atoms with Crippen LogP contribution in [0.15, 0.2) is 22.7 Å². The second kappa shape index (κ2) is 5.72. The summed E-state index contributed by atoms with van der Waals surface area (Å²) in [7, 11) is 1.55. The molecule has 1 aromatic rings. The number of nitrogens with zero attached hydrogens (tertiary/aromatic N) is 3. The van der Waals surface area contributed by atoms with Crippen molar-refractivity contribution in [1.29, 1.82) is 0 Å². The van der Waals surface area contributed by atoms with Crippen molar-refractivity contribution >= 4 is 33.8 Å². The molecule has 1 saturated heterocycles. The van der Waals surface area contributed by atoms with E-state index in [0.29, 0.717) is 13.1 Å². The van der Waals surface area contributed by atoms with Gasteiger partial charge < -0.3 is 9.80 Å². The fourth-order valence-corrected chi connectivity index (χ4v) is 3.44. The van der Waals surface area contributed by atoms with E-state index in [-0.39, 0.29) is 24.9 Å². The number of amides is 4. The van der Waals surface area contributed by atoms with E-state index in [1.54, 1.807) is 11.9 Å². The number of carbonyl (C=O) groups is 3. The van der Waals surface area contributed by atoms with Gasteiger partial charge in [-0.1, -0.05) is 28.1 Å². The zero-order valence-corrected chi connectivity index (χ0v) is 13.8. The summed E-state index contributed by atoms with van der Waals surface area (Å²) < 4.78 is 1.06. The first-order valence-corrected chi connectivity index (χ1v) is 7.86. The molecule has 116 valence electrons. The minimum atomic E-state index is -0.404. The van der Waals surface area contributed by atoms with Gasteiger partial charge in [0.25, 0.3) is 5.91 Å². The highest BCUT2D eigenvalue weighted by Crippen LogP contribution is 2.26. The fraction of sp³-hybridized carbons (Fsp3) is 0.400. The average molecular weight is 366 g/mol. The van der Waals surface area contributed by atoms with E-state index >= 15 is 0 Å². The van der Waals surface area contributed by atoms with Crippen molar-refractivity contribution in [2.24, 2.45) is 0 Å². The zero-order chi connectivity index (χ0) is 15.9. The van der Waals surface area contributed by atoms with Gasteiger partial charge in [-0.2, -0.15) is 0 Å². The first kappa shape index (κ1) is 15.0. The van der Waals surface area contributed by atoms with E-state index in [0.717, 1.165) is 21.4 Å². The van der Waals surface area contributed by atoms with Gasteiger partial charge in [-0.3, -0.25) is 14.5 Å². The predicted molar refractivity (Wildman–Crippen MR) is 83.0 cm³/mol. The molecular weight excluding hydrogens is 350 g/mol. The number of carbonyl (C=O) groups excluding carboxylic acids is 3. The van der Waals surface area contributed by atoms with E-state index in [4.69, 9.17) is 0 Å². The topological polar surface area (TPSA) is 60.9 Å². The van der Waals surface area contributed by atoms with Crippen LogP contribution in [0.1, 0.15) is 11.1 Å². The van der Waals surface area contributed by atoms with Gasteiger partial charge in [-0.25, -0.2) is 4.79 Å². The van der Waals surface area contributed by atoms with Crippen molar-refractivity contribution in [3.8, 4) is 0 Å². The molecule has 6 nitrogen and oxygen atoms in total. The number of urea groups is 1. The molecule has 0 atom stereocenters. The van der Waals surface area contributed by atoms with E-state index in [1.165, 1.54) is 10.5 Å². The predicted octanol–water partition coefficient (Wildman–Crippen LogP) is 1.23. The number of imide groups is 1. The second-order valence-electron chi connectivity index (χ2n) is 5.56. The third-order valence-corrected chi connectivity index (χ3v) is 4.83. The third-order valence-electron chi connectivity index (χ3n) is 4.09. The van der Waals surface area contributed by atoms with Crippen LogP contribution in [0, 0.1) is 0 Å². The molecule has 3 rings (SSSR count). The lowest BCUT2D eigenvalue weighted by Gasteiger charge is -2.30. The van der Waals surface area contributed by atoms with Crippen LogP contribution < -0.4 is 0 Å². The summed E-state index contributed by atoms with van der Waals surface area (Å²) in [5.41, 5.74) is 2.32. The Morgan fingerprint density at radius 3 is 2.73 bits per heavy atom. The van der Waals surface area contributed by atoms with Crippen LogP contribution in [0.2, 0.25) is 0 Å². The fourth-order valence-electron chi connectivity index (χ4n) is 2.84. The molecule has 2 heterocycles. The minimum absolute atomic E-state index is 0.0435. The van der Waals surface area contributed by atoms with Gasteiger partial charge in [0.05, 0.1) is 0 Å². The number of fused-ring (bicyclic) bond motifs is 1. The summed E-state index contributed by atoms with van der Waals surface area (Å²) in [6, 6.07) is 5.53. The van der Waals surface area contributed by atoms with Gasteiger partial charge in [-0.15, -0.1) is 0 Å². The molecule has 1 fully saturated rings. The monoisotopic (exact) mass is 365 g/mol. The number of hydrogen-bond donors (Lipinski definition) is 0. The lowest BCUT2D eigenvalue weighted by molar-refractivity contribution is -0.137. The summed E-state index contributed by atoms with van der Waals surface area (Å²) in [5.74, 6) is -0.511. The van der Waals surface area contributed by atoms with Crippen molar-refractivity contribution in [2.75, 3.05) is 26.7 Å². The number of benzene rings is 1. The molecule has 0 unspecified atom stereocenters. The molecule has 7 heteroatoms. The second-order valence-corrected chi connectivity index (χ2v) is 6.42. The summed E-state index contributed by atoms with van der Waals surface area (Å²) in [6.45, 7) is 0.980. The van der Waals surface area contributed by atoms with Crippen LogP contribution in [0.4, 0.5) is 4.79 Å². The summed E-state index contributed by atoms with van der Waals surface area (Å²) in [5, 5.41) is 0. The van der Waals surface area contributed by atoms with Gasteiger partial charge in [0.15, 0.2) is 0 Å². The van der Waals surface area contributed by atoms with Gasteiger partial charge >= 0.3 is 6.03 Å². The molecule has 22 heavy (non-hydrogen) atoms. The highest BCUT2D eigenvalue weighted by molar-refractivity contribution is 9.10. The lowest BCUT2D eigenvalue weighted by Crippen LogP contribution is -2.44. The molecule has 0 bridgehead atoms. The highest BCUT2D eigenvalue weighted by Gasteiger charge is 2.36. The smallest absolute Gasteiger partial charge is 0.327 e. The number of hydrogen-bond acceptors (Lipinski definition) is 3. The van der Waals surface area contributed by atoms with Gasteiger partial charge in [0.1, 0.15) is 13.1 Å².